The number of carbonyl (C=O) groups is 1. The fraction of sp³-hybridized carbons (Fsp3) is 0.143. The van der Waals surface area contributed by atoms with E-state index in [4.69, 9.17) is 14.2 Å². The number of benzene rings is 3. The summed E-state index contributed by atoms with van der Waals surface area (Å²) in [6.07, 6.45) is 1.71. The second-order valence-electron chi connectivity index (χ2n) is 7.72. The first-order valence-electron chi connectivity index (χ1n) is 11.3. The number of aliphatic hydroxyl groups excluding tert-OH is 1. The van der Waals surface area contributed by atoms with E-state index in [1.807, 2.05) is 18.2 Å². The Morgan fingerprint density at radius 3 is 2.57 bits per heavy atom. The van der Waals surface area contributed by atoms with Gasteiger partial charge in [-0.25, -0.2) is 14.2 Å². The molecule has 1 N–H and O–H groups in total. The number of rotatable bonds is 8. The molecule has 4 rings (SSSR count). The molecule has 0 amide bonds. The average molecular weight is 584 g/mol. The topological polar surface area (TPSA) is 77.4 Å². The van der Waals surface area contributed by atoms with Crippen molar-refractivity contribution in [3.63, 3.8) is 0 Å². The summed E-state index contributed by atoms with van der Waals surface area (Å²) in [7, 11) is 1.50. The molecule has 1 aliphatic heterocycles. The maximum atomic E-state index is 14.0. The first-order chi connectivity index (χ1) is 17.9. The van der Waals surface area contributed by atoms with Gasteiger partial charge in [0, 0.05) is 5.56 Å². The molecular formula is C28H23BrFNO5S. The molecule has 0 unspecified atom stereocenters. The van der Waals surface area contributed by atoms with Crippen molar-refractivity contribution < 1.29 is 28.5 Å². The maximum Gasteiger partial charge on any atom is 0.344 e. The number of para-hydroxylation sites is 1. The molecule has 0 aliphatic carbocycles. The van der Waals surface area contributed by atoms with Gasteiger partial charge in [0.05, 0.1) is 28.8 Å². The molecule has 9 heteroatoms. The summed E-state index contributed by atoms with van der Waals surface area (Å²) >= 11 is 4.66. The maximum absolute atomic E-state index is 14.0. The third kappa shape index (κ3) is 6.23. The molecule has 1 heterocycles. The van der Waals surface area contributed by atoms with Gasteiger partial charge >= 0.3 is 5.97 Å². The summed E-state index contributed by atoms with van der Waals surface area (Å²) in [5.74, 6) is -0.405. The second-order valence-corrected chi connectivity index (χ2v) is 9.61. The third-order valence-electron chi connectivity index (χ3n) is 5.24. The van der Waals surface area contributed by atoms with E-state index in [0.717, 1.165) is 11.8 Å². The number of hydrogen-bond donors (Lipinski definition) is 1. The molecule has 0 fully saturated rings. The molecule has 3 aromatic rings. The minimum Gasteiger partial charge on any atom is -0.506 e. The number of hydrogen-bond acceptors (Lipinski definition) is 7. The van der Waals surface area contributed by atoms with Gasteiger partial charge in [-0.2, -0.15) is 0 Å². The molecule has 0 radical (unpaired) electrons. The molecule has 0 saturated carbocycles. The monoisotopic (exact) mass is 583 g/mol. The van der Waals surface area contributed by atoms with Crippen molar-refractivity contribution in [2.75, 3.05) is 13.7 Å². The van der Waals surface area contributed by atoms with Crippen molar-refractivity contribution >= 4 is 50.5 Å². The van der Waals surface area contributed by atoms with E-state index in [2.05, 4.69) is 20.9 Å². The predicted molar refractivity (Wildman–Crippen MR) is 147 cm³/mol. The molecule has 190 valence electrons. The predicted octanol–water partition coefficient (Wildman–Crippen LogP) is 7.37. The second kappa shape index (κ2) is 12.1. The van der Waals surface area contributed by atoms with Crippen LogP contribution in [-0.4, -0.2) is 29.8 Å². The molecule has 37 heavy (non-hydrogen) atoms. The fourth-order valence-electron chi connectivity index (χ4n) is 3.49. The van der Waals surface area contributed by atoms with Gasteiger partial charge in [0.15, 0.2) is 11.5 Å². The van der Waals surface area contributed by atoms with E-state index >= 15 is 0 Å². The van der Waals surface area contributed by atoms with Crippen LogP contribution in [0, 0.1) is 5.82 Å². The van der Waals surface area contributed by atoms with Crippen molar-refractivity contribution in [3.8, 4) is 11.5 Å². The number of methoxy groups -OCH3 is 1. The Kier molecular flexibility index (Phi) is 8.68. The number of nitrogens with zero attached hydrogens (tertiary/aromatic N) is 1. The zero-order valence-corrected chi connectivity index (χ0v) is 22.4. The molecular weight excluding hydrogens is 561 g/mol. The van der Waals surface area contributed by atoms with Gasteiger partial charge in [-0.3, -0.25) is 0 Å². The van der Waals surface area contributed by atoms with Crippen LogP contribution in [0.25, 0.3) is 6.08 Å². The minimum atomic E-state index is -0.652. The fourth-order valence-corrected chi connectivity index (χ4v) is 5.10. The van der Waals surface area contributed by atoms with Gasteiger partial charge < -0.3 is 19.3 Å². The van der Waals surface area contributed by atoms with Crippen molar-refractivity contribution in [2.45, 2.75) is 13.5 Å². The van der Waals surface area contributed by atoms with Crippen LogP contribution in [0.5, 0.6) is 11.5 Å². The number of aliphatic hydroxyl groups is 1. The summed E-state index contributed by atoms with van der Waals surface area (Å²) in [4.78, 5) is 17.6. The van der Waals surface area contributed by atoms with Gasteiger partial charge in [0.25, 0.3) is 0 Å². The van der Waals surface area contributed by atoms with Crippen LogP contribution in [0.1, 0.15) is 18.1 Å². The molecule has 0 spiro atoms. The first-order valence-corrected chi connectivity index (χ1v) is 12.9. The van der Waals surface area contributed by atoms with E-state index in [9.17, 15) is 14.3 Å². The van der Waals surface area contributed by atoms with Crippen molar-refractivity contribution in [2.24, 2.45) is 4.99 Å². The molecule has 0 bridgehead atoms. The number of halogens is 2. The molecule has 0 saturated heterocycles. The number of ether oxygens (including phenoxy) is 3. The Balaban J connectivity index is 1.67. The molecule has 0 aromatic heterocycles. The summed E-state index contributed by atoms with van der Waals surface area (Å²) in [5, 5.41) is 11.3. The number of carbonyl (C=O) groups excluding carboxylic acids is 1. The highest BCUT2D eigenvalue weighted by Crippen LogP contribution is 2.42. The number of esters is 1. The lowest BCUT2D eigenvalue weighted by Gasteiger charge is -2.14. The summed E-state index contributed by atoms with van der Waals surface area (Å²) in [6, 6.07) is 19.0. The normalized spacial score (nSPS) is 15.4. The Bertz CT molecular complexity index is 1400. The van der Waals surface area contributed by atoms with Crippen LogP contribution in [0.15, 0.2) is 92.4 Å². The van der Waals surface area contributed by atoms with Crippen molar-refractivity contribution in [1.82, 2.24) is 0 Å². The van der Waals surface area contributed by atoms with E-state index in [-0.39, 0.29) is 30.4 Å². The van der Waals surface area contributed by atoms with Crippen molar-refractivity contribution in [1.29, 1.82) is 0 Å². The minimum absolute atomic E-state index is 0.0119. The highest BCUT2D eigenvalue weighted by Gasteiger charge is 2.33. The average Bonchev–Trinajstić information content (AvgIpc) is 3.18. The Labute approximate surface area is 226 Å². The SMILES string of the molecule is CCOC(=O)C1=C(O)/C(=C/c2cc(Br)c(OCc3ccccc3F)c(OC)c2)SC1=Nc1ccccc1. The van der Waals surface area contributed by atoms with E-state index in [0.29, 0.717) is 42.7 Å². The van der Waals surface area contributed by atoms with Crippen LogP contribution in [-0.2, 0) is 16.1 Å². The van der Waals surface area contributed by atoms with Crippen LogP contribution in [0.2, 0.25) is 0 Å². The molecule has 3 aromatic carbocycles. The lowest BCUT2D eigenvalue weighted by Crippen LogP contribution is -2.12. The van der Waals surface area contributed by atoms with Gasteiger partial charge in [-0.1, -0.05) is 48.2 Å². The van der Waals surface area contributed by atoms with Gasteiger partial charge in [0.1, 0.15) is 28.8 Å². The first kappa shape index (κ1) is 26.5. The van der Waals surface area contributed by atoms with Gasteiger partial charge in [-0.15, -0.1) is 0 Å². The van der Waals surface area contributed by atoms with Crippen LogP contribution < -0.4 is 9.47 Å². The van der Waals surface area contributed by atoms with E-state index < -0.39 is 5.97 Å². The molecule has 1 aliphatic rings. The van der Waals surface area contributed by atoms with Crippen molar-refractivity contribution in [3.05, 3.63) is 104 Å². The highest BCUT2D eigenvalue weighted by atomic mass is 79.9. The Morgan fingerprint density at radius 2 is 1.86 bits per heavy atom. The van der Waals surface area contributed by atoms with Gasteiger partial charge in [0.2, 0.25) is 0 Å². The van der Waals surface area contributed by atoms with Gasteiger partial charge in [-0.05, 0) is 64.8 Å². The van der Waals surface area contributed by atoms with Crippen LogP contribution >= 0.6 is 27.7 Å². The quantitative estimate of drug-likeness (QED) is 0.279. The lowest BCUT2D eigenvalue weighted by molar-refractivity contribution is -0.138. The Morgan fingerprint density at radius 1 is 1.14 bits per heavy atom. The van der Waals surface area contributed by atoms with Crippen LogP contribution in [0.4, 0.5) is 10.1 Å². The summed E-state index contributed by atoms with van der Waals surface area (Å²) < 4.78 is 31.1. The number of aliphatic imine (C=N–C) groups is 1. The van der Waals surface area contributed by atoms with E-state index in [1.165, 1.54) is 13.2 Å². The lowest BCUT2D eigenvalue weighted by atomic mass is 10.1. The number of thioether (sulfide) groups is 1. The van der Waals surface area contributed by atoms with E-state index in [1.54, 1.807) is 55.5 Å². The third-order valence-corrected chi connectivity index (χ3v) is 6.85. The zero-order chi connectivity index (χ0) is 26.4. The zero-order valence-electron chi connectivity index (χ0n) is 20.0. The summed E-state index contributed by atoms with van der Waals surface area (Å²) in [5.41, 5.74) is 1.73. The Hall–Kier alpha value is -3.56. The summed E-state index contributed by atoms with van der Waals surface area (Å²) in [6.45, 7) is 1.88. The smallest absolute Gasteiger partial charge is 0.344 e. The molecule has 0 atom stereocenters. The highest BCUT2D eigenvalue weighted by molar-refractivity contribution is 9.10. The largest absolute Gasteiger partial charge is 0.506 e. The molecule has 6 nitrogen and oxygen atoms in total. The standard InChI is InChI=1S/C28H23BrFNO5S/c1-3-35-28(33)24-25(32)23(37-27(24)31-19-10-5-4-6-11-19)15-17-13-20(29)26(22(14-17)34-2)36-16-18-9-7-8-12-21(18)30/h4-15,32H,3,16H2,1-2H3/b23-15-,31-27?. The van der Waals surface area contributed by atoms with Crippen LogP contribution in [0.3, 0.4) is 0 Å².